The van der Waals surface area contributed by atoms with Gasteiger partial charge in [0.1, 0.15) is 6.07 Å². The normalized spacial score (nSPS) is 16.2. The summed E-state index contributed by atoms with van der Waals surface area (Å²) < 4.78 is 37.0. The lowest BCUT2D eigenvalue weighted by atomic mass is 9.96. The van der Waals surface area contributed by atoms with E-state index in [1.165, 1.54) is 12.4 Å². The molecule has 0 aliphatic carbocycles. The van der Waals surface area contributed by atoms with Crippen molar-refractivity contribution < 1.29 is 18.0 Å². The number of nitrogens with zero attached hydrogens (tertiary/aromatic N) is 4. The van der Waals surface area contributed by atoms with Gasteiger partial charge in [-0.1, -0.05) is 0 Å². The second kappa shape index (κ2) is 6.60. The summed E-state index contributed by atoms with van der Waals surface area (Å²) in [7, 11) is 0. The second-order valence-electron chi connectivity index (χ2n) is 4.98. The molecule has 9 heteroatoms. The van der Waals surface area contributed by atoms with E-state index < -0.39 is 12.1 Å². The lowest BCUT2D eigenvalue weighted by Gasteiger charge is -2.32. The minimum Gasteiger partial charge on any atom is -0.367 e. The fraction of sp³-hybridized carbons (Fsp3) is 0.538. The monoisotopic (exact) mass is 313 g/mol. The lowest BCUT2D eigenvalue weighted by molar-refractivity contribution is -0.186. The molecular formula is C13H14F3N5O. The first-order valence-electron chi connectivity index (χ1n) is 6.73. The Morgan fingerprint density at radius 1 is 1.36 bits per heavy atom. The van der Waals surface area contributed by atoms with Crippen LogP contribution in [0.15, 0.2) is 12.4 Å². The number of rotatable bonds is 3. The van der Waals surface area contributed by atoms with Crippen LogP contribution in [-0.2, 0) is 4.79 Å². The third kappa shape index (κ3) is 3.84. The van der Waals surface area contributed by atoms with Gasteiger partial charge in [-0.2, -0.15) is 18.4 Å². The van der Waals surface area contributed by atoms with Crippen LogP contribution in [0, 0.1) is 17.2 Å². The molecular weight excluding hydrogens is 299 g/mol. The Kier molecular flexibility index (Phi) is 4.80. The third-order valence-electron chi connectivity index (χ3n) is 3.51. The zero-order valence-corrected chi connectivity index (χ0v) is 11.6. The number of nitrogens with one attached hydrogen (secondary N) is 1. The van der Waals surface area contributed by atoms with E-state index in [-0.39, 0.29) is 24.7 Å². The topological polar surface area (TPSA) is 81.9 Å². The van der Waals surface area contributed by atoms with E-state index in [9.17, 15) is 18.0 Å². The first-order valence-corrected chi connectivity index (χ1v) is 6.73. The van der Waals surface area contributed by atoms with Crippen LogP contribution in [-0.4, -0.2) is 46.6 Å². The van der Waals surface area contributed by atoms with Gasteiger partial charge in [0.05, 0.1) is 0 Å². The average Bonchev–Trinajstić information content (AvgIpc) is 2.52. The van der Waals surface area contributed by atoms with Crippen molar-refractivity contribution in [3.05, 3.63) is 18.1 Å². The zero-order valence-electron chi connectivity index (χ0n) is 11.6. The van der Waals surface area contributed by atoms with Gasteiger partial charge < -0.3 is 10.2 Å². The molecule has 1 aliphatic heterocycles. The van der Waals surface area contributed by atoms with E-state index in [0.717, 1.165) is 4.90 Å². The minimum absolute atomic E-state index is 0.0796. The Bertz CT molecular complexity index is 576. The van der Waals surface area contributed by atoms with Crippen LogP contribution in [0.5, 0.6) is 0 Å². The van der Waals surface area contributed by atoms with Gasteiger partial charge in [-0.25, -0.2) is 9.97 Å². The van der Waals surface area contributed by atoms with Crippen LogP contribution < -0.4 is 5.32 Å². The number of nitriles is 1. The van der Waals surface area contributed by atoms with Crippen molar-refractivity contribution >= 4 is 11.7 Å². The summed E-state index contributed by atoms with van der Waals surface area (Å²) >= 11 is 0. The molecule has 0 aromatic carbocycles. The third-order valence-corrected chi connectivity index (χ3v) is 3.51. The van der Waals surface area contributed by atoms with Crippen molar-refractivity contribution in [3.8, 4) is 6.07 Å². The predicted molar refractivity (Wildman–Crippen MR) is 70.6 cm³/mol. The highest BCUT2D eigenvalue weighted by Gasteiger charge is 2.43. The van der Waals surface area contributed by atoms with E-state index in [4.69, 9.17) is 5.26 Å². The Balaban J connectivity index is 1.83. The lowest BCUT2D eigenvalue weighted by Crippen LogP contribution is -2.46. The Hall–Kier alpha value is -2.37. The van der Waals surface area contributed by atoms with Gasteiger partial charge in [0.25, 0.3) is 0 Å². The largest absolute Gasteiger partial charge is 0.471 e. The summed E-state index contributed by atoms with van der Waals surface area (Å²) in [5, 5.41) is 11.9. The molecule has 1 fully saturated rings. The van der Waals surface area contributed by atoms with Crippen LogP contribution in [0.4, 0.5) is 19.0 Å². The van der Waals surface area contributed by atoms with Crippen molar-refractivity contribution in [2.45, 2.75) is 19.0 Å². The molecule has 118 valence electrons. The van der Waals surface area contributed by atoms with Crippen LogP contribution in [0.1, 0.15) is 18.5 Å². The second-order valence-corrected chi connectivity index (χ2v) is 4.98. The maximum Gasteiger partial charge on any atom is 0.471 e. The molecule has 2 heterocycles. The van der Waals surface area contributed by atoms with Crippen LogP contribution >= 0.6 is 0 Å². The molecule has 0 unspecified atom stereocenters. The fourth-order valence-corrected chi connectivity index (χ4v) is 2.31. The van der Waals surface area contributed by atoms with Crippen molar-refractivity contribution in [3.63, 3.8) is 0 Å². The van der Waals surface area contributed by atoms with Gasteiger partial charge in [-0.15, -0.1) is 0 Å². The van der Waals surface area contributed by atoms with Crippen molar-refractivity contribution in [2.24, 2.45) is 5.92 Å². The molecule has 1 aromatic heterocycles. The standard InChI is InChI=1S/C13H14F3N5O/c14-13(15,16)12(22)21-5-1-9(2-6-21)8-20-11-10(7-17)18-3-4-19-11/h3-4,9H,1-2,5-6,8H2,(H,19,20). The van der Waals surface area contributed by atoms with Gasteiger partial charge in [0.15, 0.2) is 11.5 Å². The van der Waals surface area contributed by atoms with Gasteiger partial charge >= 0.3 is 12.1 Å². The van der Waals surface area contributed by atoms with E-state index in [1.807, 2.05) is 6.07 Å². The fourth-order valence-electron chi connectivity index (χ4n) is 2.31. The van der Waals surface area contributed by atoms with Crippen molar-refractivity contribution in [1.29, 1.82) is 5.26 Å². The van der Waals surface area contributed by atoms with Crippen molar-refractivity contribution in [2.75, 3.05) is 25.0 Å². The van der Waals surface area contributed by atoms with Crippen molar-refractivity contribution in [1.82, 2.24) is 14.9 Å². The predicted octanol–water partition coefficient (Wildman–Crippen LogP) is 1.56. The summed E-state index contributed by atoms with van der Waals surface area (Å²) in [5.74, 6) is -1.30. The number of carbonyl (C=O) groups excluding carboxylic acids is 1. The summed E-state index contributed by atoms with van der Waals surface area (Å²) in [6, 6.07) is 1.91. The van der Waals surface area contributed by atoms with Crippen LogP contribution in [0.25, 0.3) is 0 Å². The molecule has 0 spiro atoms. The summed E-state index contributed by atoms with van der Waals surface area (Å²) in [6.07, 6.45) is -1.01. The van der Waals surface area contributed by atoms with E-state index in [2.05, 4.69) is 15.3 Å². The van der Waals surface area contributed by atoms with E-state index >= 15 is 0 Å². The number of likely N-dealkylation sites (tertiary alicyclic amines) is 1. The summed E-state index contributed by atoms with van der Waals surface area (Å²) in [4.78, 5) is 19.8. The quantitative estimate of drug-likeness (QED) is 0.916. The molecule has 2 rings (SSSR count). The number of hydrogen-bond donors (Lipinski definition) is 1. The SMILES string of the molecule is N#Cc1nccnc1NCC1CCN(C(=O)C(F)(F)F)CC1. The molecule has 1 N–H and O–H groups in total. The molecule has 1 saturated heterocycles. The maximum absolute atomic E-state index is 12.3. The molecule has 0 radical (unpaired) electrons. The number of carbonyl (C=O) groups is 1. The smallest absolute Gasteiger partial charge is 0.367 e. The molecule has 1 aliphatic rings. The van der Waals surface area contributed by atoms with Gasteiger partial charge in [0.2, 0.25) is 0 Å². The molecule has 0 bridgehead atoms. The van der Waals surface area contributed by atoms with Crippen LogP contribution in [0.3, 0.4) is 0 Å². The highest BCUT2D eigenvalue weighted by atomic mass is 19.4. The zero-order chi connectivity index (χ0) is 16.2. The number of piperidine rings is 1. The number of anilines is 1. The summed E-state index contributed by atoms with van der Waals surface area (Å²) in [5.41, 5.74) is 0.173. The number of halogens is 3. The highest BCUT2D eigenvalue weighted by Crippen LogP contribution is 2.24. The Morgan fingerprint density at radius 3 is 2.59 bits per heavy atom. The van der Waals surface area contributed by atoms with E-state index in [0.29, 0.717) is 25.2 Å². The number of amides is 1. The first-order chi connectivity index (χ1) is 10.4. The summed E-state index contributed by atoms with van der Waals surface area (Å²) in [6.45, 7) is 0.633. The first kappa shape index (κ1) is 16.0. The van der Waals surface area contributed by atoms with Gasteiger partial charge in [-0.3, -0.25) is 4.79 Å². The molecule has 6 nitrogen and oxygen atoms in total. The Morgan fingerprint density at radius 2 is 2.00 bits per heavy atom. The average molecular weight is 313 g/mol. The number of hydrogen-bond acceptors (Lipinski definition) is 5. The highest BCUT2D eigenvalue weighted by molar-refractivity contribution is 5.81. The minimum atomic E-state index is -4.81. The number of alkyl halides is 3. The molecule has 1 amide bonds. The van der Waals surface area contributed by atoms with Gasteiger partial charge in [0, 0.05) is 32.0 Å². The molecule has 22 heavy (non-hydrogen) atoms. The molecule has 1 aromatic rings. The maximum atomic E-state index is 12.3. The molecule has 0 atom stereocenters. The van der Waals surface area contributed by atoms with E-state index in [1.54, 1.807) is 0 Å². The van der Waals surface area contributed by atoms with Crippen LogP contribution in [0.2, 0.25) is 0 Å². The number of aromatic nitrogens is 2. The molecule has 0 saturated carbocycles. The Labute approximate surface area is 125 Å². The van der Waals surface area contributed by atoms with Gasteiger partial charge in [-0.05, 0) is 18.8 Å².